The largest absolute Gasteiger partial charge is 0.337 e. The van der Waals surface area contributed by atoms with Crippen molar-refractivity contribution in [2.24, 2.45) is 0 Å². The third-order valence-corrected chi connectivity index (χ3v) is 5.69. The lowest BCUT2D eigenvalue weighted by Crippen LogP contribution is -2.30. The first kappa shape index (κ1) is 16.4. The molecule has 0 rings (SSSR count). The first-order valence-corrected chi connectivity index (χ1v) is 8.25. The Labute approximate surface area is 137 Å². The quantitative estimate of drug-likeness (QED) is 0.356. The molecule has 0 spiro atoms. The molecular weight excluding hydrogens is 614 g/mol. The molecule has 0 aliphatic rings. The summed E-state index contributed by atoms with van der Waals surface area (Å²) in [7, 11) is 0. The number of alkyl halides is 8. The van der Waals surface area contributed by atoms with Crippen LogP contribution in [0, 0.1) is 0 Å². The smallest absolute Gasteiger partial charge is 0.174 e. The van der Waals surface area contributed by atoms with Crippen LogP contribution in [0.15, 0.2) is 0 Å². The summed E-state index contributed by atoms with van der Waals surface area (Å²) < 4.78 is 3.81. The highest BCUT2D eigenvalue weighted by Gasteiger charge is 2.37. The molecule has 0 heterocycles. The molecule has 0 aliphatic heterocycles. The van der Waals surface area contributed by atoms with E-state index < -0.39 is 15.4 Å². The van der Waals surface area contributed by atoms with E-state index in [1.54, 1.807) is 0 Å². The fourth-order valence-electron chi connectivity index (χ4n) is 0.259. The molecule has 80 valence electrons. The zero-order chi connectivity index (χ0) is 10.9. The third-order valence-electron chi connectivity index (χ3n) is 0.754. The molecule has 0 aromatic heterocycles. The van der Waals surface area contributed by atoms with E-state index in [1.807, 2.05) is 0 Å². The molecule has 0 N–H and O–H groups in total. The lowest BCUT2D eigenvalue weighted by Gasteiger charge is -2.26. The van der Waals surface area contributed by atoms with Crippen LogP contribution in [0.2, 0.25) is 0 Å². The van der Waals surface area contributed by atoms with Crippen molar-refractivity contribution in [1.29, 1.82) is 0 Å². The SMILES string of the molecule is ClC(OC(Cl)C(Br)(Br)Br)C(Br)(Br)Br. The first-order valence-electron chi connectivity index (χ1n) is 2.62. The summed E-state index contributed by atoms with van der Waals surface area (Å²) in [5.41, 5.74) is -1.39. The molecule has 0 amide bonds. The predicted molar refractivity (Wildman–Crippen MR) is 79.4 cm³/mol. The number of rotatable bonds is 2. The van der Waals surface area contributed by atoms with Gasteiger partial charge >= 0.3 is 0 Å². The Morgan fingerprint density at radius 2 is 1.00 bits per heavy atom. The fraction of sp³-hybridized carbons (Fsp3) is 1.00. The summed E-state index contributed by atoms with van der Waals surface area (Å²) >= 11 is 31.0. The minimum absolute atomic E-state index is 0.693. The van der Waals surface area contributed by atoms with Crippen LogP contribution in [0.1, 0.15) is 0 Å². The van der Waals surface area contributed by atoms with Crippen LogP contribution in [0.25, 0.3) is 0 Å². The first-order chi connectivity index (χ1) is 5.55. The maximum Gasteiger partial charge on any atom is 0.174 e. The van der Waals surface area contributed by atoms with E-state index in [1.165, 1.54) is 0 Å². The average molecular weight is 616 g/mol. The summed E-state index contributed by atoms with van der Waals surface area (Å²) in [5, 5.41) is 0. The van der Waals surface area contributed by atoms with Gasteiger partial charge in [0.25, 0.3) is 0 Å². The molecule has 0 bridgehead atoms. The normalized spacial score (nSPS) is 18.5. The number of hydrogen-bond acceptors (Lipinski definition) is 1. The van der Waals surface area contributed by atoms with Gasteiger partial charge in [0.15, 0.2) is 15.4 Å². The Balaban J connectivity index is 4.15. The Hall–Kier alpha value is 3.42. The molecule has 1 nitrogen and oxygen atoms in total. The van der Waals surface area contributed by atoms with Crippen LogP contribution in [-0.4, -0.2) is 15.4 Å². The van der Waals surface area contributed by atoms with Crippen LogP contribution in [0.5, 0.6) is 0 Å². The molecule has 0 radical (unpaired) electrons. The van der Waals surface area contributed by atoms with Gasteiger partial charge in [-0.1, -0.05) is 119 Å². The van der Waals surface area contributed by atoms with Gasteiger partial charge in [-0.05, 0) is 0 Å². The maximum atomic E-state index is 5.85. The van der Waals surface area contributed by atoms with Gasteiger partial charge in [0.05, 0.1) is 0 Å². The summed E-state index contributed by atoms with van der Waals surface area (Å²) in [6.07, 6.45) is 0. The van der Waals surface area contributed by atoms with E-state index in [9.17, 15) is 0 Å². The van der Waals surface area contributed by atoms with E-state index >= 15 is 0 Å². The van der Waals surface area contributed by atoms with Gasteiger partial charge in [-0.25, -0.2) is 0 Å². The highest BCUT2D eigenvalue weighted by molar-refractivity contribution is 9.39. The number of hydrogen-bond donors (Lipinski definition) is 0. The van der Waals surface area contributed by atoms with E-state index in [2.05, 4.69) is 95.6 Å². The predicted octanol–water partition coefficient (Wildman–Crippen LogP) is 5.81. The van der Waals surface area contributed by atoms with Crippen molar-refractivity contribution in [3.63, 3.8) is 0 Å². The van der Waals surface area contributed by atoms with Gasteiger partial charge in [0.2, 0.25) is 0 Å². The number of ether oxygens (including phenoxy) is 1. The Bertz CT molecular complexity index is 147. The van der Waals surface area contributed by atoms with Gasteiger partial charge in [-0.3, -0.25) is 0 Å². The van der Waals surface area contributed by atoms with Crippen LogP contribution in [-0.2, 0) is 4.74 Å². The summed E-state index contributed by atoms with van der Waals surface area (Å²) in [5.74, 6) is 0. The summed E-state index contributed by atoms with van der Waals surface area (Å²) in [6.45, 7) is 0. The monoisotopic (exact) mass is 609 g/mol. The topological polar surface area (TPSA) is 9.23 Å². The minimum atomic E-state index is -0.708. The van der Waals surface area contributed by atoms with Gasteiger partial charge in [0.1, 0.15) is 0 Å². The fourth-order valence-corrected chi connectivity index (χ4v) is 1.17. The highest BCUT2D eigenvalue weighted by Crippen LogP contribution is 2.46. The molecule has 9 heteroatoms. The minimum Gasteiger partial charge on any atom is -0.337 e. The Morgan fingerprint density at radius 3 is 1.15 bits per heavy atom. The lowest BCUT2D eigenvalue weighted by molar-refractivity contribution is 0.0978. The number of halogens is 8. The highest BCUT2D eigenvalue weighted by atomic mass is 80.0. The van der Waals surface area contributed by atoms with Crippen molar-refractivity contribution in [1.82, 2.24) is 0 Å². The van der Waals surface area contributed by atoms with Crippen molar-refractivity contribution >= 4 is 119 Å². The second kappa shape index (κ2) is 6.38. The van der Waals surface area contributed by atoms with E-state index in [4.69, 9.17) is 27.9 Å². The molecule has 2 atom stereocenters. The van der Waals surface area contributed by atoms with Crippen LogP contribution < -0.4 is 0 Å². The van der Waals surface area contributed by atoms with Crippen LogP contribution in [0.4, 0.5) is 0 Å². The molecule has 0 aromatic rings. The molecule has 0 aliphatic carbocycles. The summed E-state index contributed by atoms with van der Waals surface area (Å²) in [4.78, 5) is 0. The zero-order valence-corrected chi connectivity index (χ0v) is 16.6. The van der Waals surface area contributed by atoms with Gasteiger partial charge in [0, 0.05) is 0 Å². The Morgan fingerprint density at radius 1 is 0.769 bits per heavy atom. The van der Waals surface area contributed by atoms with Crippen molar-refractivity contribution in [2.75, 3.05) is 0 Å². The molecule has 0 saturated carbocycles. The van der Waals surface area contributed by atoms with E-state index in [0.29, 0.717) is 0 Å². The molecular formula is C4H2Br6Cl2O. The van der Waals surface area contributed by atoms with Crippen molar-refractivity contribution in [2.45, 2.75) is 15.4 Å². The molecule has 2 unspecified atom stereocenters. The Kier molecular flexibility index (Phi) is 8.06. The second-order valence-corrected chi connectivity index (χ2v) is 16.5. The standard InChI is InChI=1S/C4H2Br6Cl2O/c5-3(6,7)1(11)13-2(12)4(8,9)10/h1-2H. The van der Waals surface area contributed by atoms with Gasteiger partial charge < -0.3 is 4.74 Å². The zero-order valence-electron chi connectivity index (χ0n) is 5.59. The van der Waals surface area contributed by atoms with Crippen LogP contribution in [0.3, 0.4) is 0 Å². The molecule has 13 heavy (non-hydrogen) atoms. The van der Waals surface area contributed by atoms with Crippen molar-refractivity contribution in [3.05, 3.63) is 0 Å². The van der Waals surface area contributed by atoms with Crippen molar-refractivity contribution in [3.8, 4) is 0 Å². The van der Waals surface area contributed by atoms with E-state index in [-0.39, 0.29) is 0 Å². The average Bonchev–Trinajstić information content (AvgIpc) is 1.82. The molecule has 0 aromatic carbocycles. The van der Waals surface area contributed by atoms with E-state index in [0.717, 1.165) is 0 Å². The maximum absolute atomic E-state index is 5.85. The van der Waals surface area contributed by atoms with Crippen LogP contribution >= 0.6 is 119 Å². The molecule has 0 fully saturated rings. The second-order valence-electron chi connectivity index (χ2n) is 1.85. The van der Waals surface area contributed by atoms with Crippen molar-refractivity contribution < 1.29 is 4.74 Å². The third kappa shape index (κ3) is 7.36. The van der Waals surface area contributed by atoms with Gasteiger partial charge in [-0.15, -0.1) is 0 Å². The molecule has 0 saturated heterocycles. The summed E-state index contributed by atoms with van der Waals surface area (Å²) in [6, 6.07) is 0. The lowest BCUT2D eigenvalue weighted by atomic mass is 10.8. The van der Waals surface area contributed by atoms with Gasteiger partial charge in [-0.2, -0.15) is 0 Å².